The number of carbonyl (C=O) groups excluding carboxylic acids is 1. The molecular formula is C21H21N7OS. The van der Waals surface area contributed by atoms with E-state index in [1.54, 1.807) is 35.3 Å². The number of aryl methyl sites for hydroxylation is 1. The van der Waals surface area contributed by atoms with Crippen LogP contribution in [0.1, 0.15) is 10.5 Å². The lowest BCUT2D eigenvalue weighted by atomic mass is 10.2. The highest BCUT2D eigenvalue weighted by Crippen LogP contribution is 2.25. The summed E-state index contributed by atoms with van der Waals surface area (Å²) < 4.78 is 1.59. The highest BCUT2D eigenvalue weighted by atomic mass is 32.1. The predicted molar refractivity (Wildman–Crippen MR) is 121 cm³/mol. The Labute approximate surface area is 178 Å². The van der Waals surface area contributed by atoms with Crippen molar-refractivity contribution in [3.63, 3.8) is 0 Å². The van der Waals surface area contributed by atoms with Crippen LogP contribution in [-0.2, 0) is 7.05 Å². The van der Waals surface area contributed by atoms with Gasteiger partial charge in [0.1, 0.15) is 11.4 Å². The van der Waals surface area contributed by atoms with Crippen molar-refractivity contribution in [3.05, 3.63) is 65.8 Å². The molecular weight excluding hydrogens is 398 g/mol. The van der Waals surface area contributed by atoms with E-state index in [-0.39, 0.29) is 5.91 Å². The molecule has 0 saturated carbocycles. The molecule has 0 aliphatic carbocycles. The molecule has 3 heterocycles. The van der Waals surface area contributed by atoms with Gasteiger partial charge in [0, 0.05) is 38.6 Å². The van der Waals surface area contributed by atoms with Gasteiger partial charge in [-0.1, -0.05) is 6.07 Å². The molecule has 0 aliphatic heterocycles. The SMILES string of the molecule is CN(C)c1cnnc(Nc2ccc(NC(=O)c3cc(-c4cccs4)nn3C)cc2)c1. The highest BCUT2D eigenvalue weighted by Gasteiger charge is 2.15. The van der Waals surface area contributed by atoms with Gasteiger partial charge in [0.15, 0.2) is 5.82 Å². The molecule has 0 saturated heterocycles. The van der Waals surface area contributed by atoms with Gasteiger partial charge in [0.05, 0.1) is 16.8 Å². The van der Waals surface area contributed by atoms with Gasteiger partial charge in [-0.05, 0) is 41.8 Å². The number of thiophene rings is 1. The Morgan fingerprint density at radius 1 is 1.10 bits per heavy atom. The zero-order chi connectivity index (χ0) is 21.1. The van der Waals surface area contributed by atoms with Crippen molar-refractivity contribution in [2.45, 2.75) is 0 Å². The third kappa shape index (κ3) is 4.31. The minimum absolute atomic E-state index is 0.210. The first-order chi connectivity index (χ1) is 14.5. The molecule has 9 heteroatoms. The quantitative estimate of drug-likeness (QED) is 0.491. The summed E-state index contributed by atoms with van der Waals surface area (Å²) in [5.74, 6) is 0.437. The Hall–Kier alpha value is -3.72. The van der Waals surface area contributed by atoms with Gasteiger partial charge in [-0.25, -0.2) is 0 Å². The summed E-state index contributed by atoms with van der Waals surface area (Å²) in [5, 5.41) is 20.6. The summed E-state index contributed by atoms with van der Waals surface area (Å²) in [5.41, 5.74) is 3.78. The van der Waals surface area contributed by atoms with E-state index in [0.29, 0.717) is 17.2 Å². The minimum Gasteiger partial charge on any atom is -0.376 e. The topological polar surface area (TPSA) is 88.0 Å². The maximum atomic E-state index is 12.7. The largest absolute Gasteiger partial charge is 0.376 e. The molecule has 2 N–H and O–H groups in total. The van der Waals surface area contributed by atoms with Gasteiger partial charge in [-0.3, -0.25) is 9.48 Å². The van der Waals surface area contributed by atoms with Gasteiger partial charge in [-0.2, -0.15) is 10.2 Å². The van der Waals surface area contributed by atoms with Crippen LogP contribution in [0.3, 0.4) is 0 Å². The maximum absolute atomic E-state index is 12.7. The highest BCUT2D eigenvalue weighted by molar-refractivity contribution is 7.13. The summed E-state index contributed by atoms with van der Waals surface area (Å²) in [6, 6.07) is 15.1. The third-order valence-electron chi connectivity index (χ3n) is 4.46. The second-order valence-electron chi connectivity index (χ2n) is 6.87. The monoisotopic (exact) mass is 419 g/mol. The third-order valence-corrected chi connectivity index (χ3v) is 5.35. The molecule has 4 aromatic rings. The first-order valence-corrected chi connectivity index (χ1v) is 10.1. The van der Waals surface area contributed by atoms with Crippen LogP contribution in [0.15, 0.2) is 60.1 Å². The van der Waals surface area contributed by atoms with E-state index < -0.39 is 0 Å². The molecule has 1 aromatic carbocycles. The van der Waals surface area contributed by atoms with E-state index >= 15 is 0 Å². The molecule has 0 spiro atoms. The average molecular weight is 420 g/mol. The number of nitrogens with zero attached hydrogens (tertiary/aromatic N) is 5. The number of hydrogen-bond acceptors (Lipinski definition) is 7. The second-order valence-corrected chi connectivity index (χ2v) is 7.81. The van der Waals surface area contributed by atoms with E-state index in [1.807, 2.05) is 66.8 Å². The Morgan fingerprint density at radius 3 is 2.57 bits per heavy atom. The Bertz CT molecular complexity index is 1150. The normalized spacial score (nSPS) is 10.6. The summed E-state index contributed by atoms with van der Waals surface area (Å²) in [4.78, 5) is 15.7. The zero-order valence-corrected chi connectivity index (χ0v) is 17.6. The maximum Gasteiger partial charge on any atom is 0.273 e. The van der Waals surface area contributed by atoms with Crippen LogP contribution >= 0.6 is 11.3 Å². The molecule has 4 rings (SSSR count). The average Bonchev–Trinajstić information content (AvgIpc) is 3.39. The smallest absolute Gasteiger partial charge is 0.273 e. The minimum atomic E-state index is -0.210. The lowest BCUT2D eigenvalue weighted by molar-refractivity contribution is 0.101. The zero-order valence-electron chi connectivity index (χ0n) is 16.8. The first kappa shape index (κ1) is 19.6. The lowest BCUT2D eigenvalue weighted by Crippen LogP contribution is -2.16. The van der Waals surface area contributed by atoms with Crippen LogP contribution in [0.25, 0.3) is 10.6 Å². The molecule has 0 fully saturated rings. The van der Waals surface area contributed by atoms with Gasteiger partial charge >= 0.3 is 0 Å². The van der Waals surface area contributed by atoms with E-state index in [9.17, 15) is 4.79 Å². The number of anilines is 4. The molecule has 152 valence electrons. The van der Waals surface area contributed by atoms with Crippen LogP contribution < -0.4 is 15.5 Å². The van der Waals surface area contributed by atoms with Gasteiger partial charge < -0.3 is 15.5 Å². The fraction of sp³-hybridized carbons (Fsp3) is 0.143. The Kier molecular flexibility index (Phi) is 5.44. The molecule has 1 amide bonds. The summed E-state index contributed by atoms with van der Waals surface area (Å²) >= 11 is 1.59. The van der Waals surface area contributed by atoms with Crippen molar-refractivity contribution >= 4 is 40.1 Å². The fourth-order valence-corrected chi connectivity index (χ4v) is 3.55. The van der Waals surface area contributed by atoms with Crippen molar-refractivity contribution in [1.82, 2.24) is 20.0 Å². The second kappa shape index (κ2) is 8.34. The van der Waals surface area contributed by atoms with E-state index in [4.69, 9.17) is 0 Å². The molecule has 8 nitrogen and oxygen atoms in total. The Morgan fingerprint density at radius 2 is 1.87 bits per heavy atom. The number of benzene rings is 1. The molecule has 30 heavy (non-hydrogen) atoms. The van der Waals surface area contributed by atoms with Gasteiger partial charge in [0.25, 0.3) is 5.91 Å². The standard InChI is InChI=1S/C21H21N7OS/c1-27(2)16-11-20(25-22-13-16)23-14-6-8-15(9-7-14)24-21(29)18-12-17(26-28(18)3)19-5-4-10-30-19/h4-13H,1-3H3,(H,23,25)(H,24,29). The number of rotatable bonds is 6. The number of aromatic nitrogens is 4. The predicted octanol–water partition coefficient (Wildman–Crippen LogP) is 4.00. The van der Waals surface area contributed by atoms with E-state index in [2.05, 4.69) is 25.9 Å². The fourth-order valence-electron chi connectivity index (χ4n) is 2.87. The van der Waals surface area contributed by atoms with E-state index in [1.165, 1.54) is 0 Å². The van der Waals surface area contributed by atoms with Crippen molar-refractivity contribution in [1.29, 1.82) is 0 Å². The molecule has 3 aromatic heterocycles. The first-order valence-electron chi connectivity index (χ1n) is 9.26. The van der Waals surface area contributed by atoms with Crippen molar-refractivity contribution in [2.75, 3.05) is 29.6 Å². The van der Waals surface area contributed by atoms with Crippen LogP contribution in [0.4, 0.5) is 22.9 Å². The van der Waals surface area contributed by atoms with Gasteiger partial charge in [-0.15, -0.1) is 16.4 Å². The van der Waals surface area contributed by atoms with E-state index in [0.717, 1.165) is 21.9 Å². The number of carbonyl (C=O) groups is 1. The number of amides is 1. The van der Waals surface area contributed by atoms with Crippen molar-refractivity contribution < 1.29 is 4.79 Å². The van der Waals surface area contributed by atoms with Crippen molar-refractivity contribution in [3.8, 4) is 10.6 Å². The van der Waals surface area contributed by atoms with Crippen LogP contribution in [-0.4, -0.2) is 40.0 Å². The molecule has 0 bridgehead atoms. The van der Waals surface area contributed by atoms with Crippen LogP contribution in [0.2, 0.25) is 0 Å². The summed E-state index contributed by atoms with van der Waals surface area (Å²) in [6.07, 6.45) is 1.70. The molecule has 0 unspecified atom stereocenters. The van der Waals surface area contributed by atoms with Crippen molar-refractivity contribution in [2.24, 2.45) is 7.05 Å². The van der Waals surface area contributed by atoms with Gasteiger partial charge in [0.2, 0.25) is 0 Å². The van der Waals surface area contributed by atoms with Crippen LogP contribution in [0.5, 0.6) is 0 Å². The number of nitrogens with one attached hydrogen (secondary N) is 2. The molecule has 0 atom stereocenters. The molecule has 0 radical (unpaired) electrons. The molecule has 0 aliphatic rings. The summed E-state index contributed by atoms with van der Waals surface area (Å²) in [7, 11) is 5.66. The summed E-state index contributed by atoms with van der Waals surface area (Å²) in [6.45, 7) is 0. The number of hydrogen-bond donors (Lipinski definition) is 2. The lowest BCUT2D eigenvalue weighted by Gasteiger charge is -2.13. The van der Waals surface area contributed by atoms with Crippen LogP contribution in [0, 0.1) is 0 Å². The Balaban J connectivity index is 1.44.